The Morgan fingerprint density at radius 2 is 1.93 bits per heavy atom. The number of ether oxygens (including phenoxy) is 2. The molecule has 28 heavy (non-hydrogen) atoms. The van der Waals surface area contributed by atoms with Crippen molar-refractivity contribution in [1.82, 2.24) is 4.90 Å². The molecule has 0 radical (unpaired) electrons. The Morgan fingerprint density at radius 1 is 1.18 bits per heavy atom. The maximum absolute atomic E-state index is 12.5. The summed E-state index contributed by atoms with van der Waals surface area (Å²) in [7, 11) is 0. The van der Waals surface area contributed by atoms with Crippen LogP contribution >= 0.6 is 39.9 Å². The smallest absolute Gasteiger partial charge is 0.266 e. The van der Waals surface area contributed by atoms with E-state index >= 15 is 0 Å². The van der Waals surface area contributed by atoms with E-state index in [-0.39, 0.29) is 5.91 Å². The average Bonchev–Trinajstić information content (AvgIpc) is 2.94. The molecule has 2 aromatic carbocycles. The van der Waals surface area contributed by atoms with Crippen LogP contribution in [0.2, 0.25) is 0 Å². The van der Waals surface area contributed by atoms with Gasteiger partial charge in [-0.2, -0.15) is 0 Å². The molecule has 0 bridgehead atoms. The molecule has 1 amide bonds. The highest BCUT2D eigenvalue weighted by Crippen LogP contribution is 2.39. The Bertz CT molecular complexity index is 915. The Balaban J connectivity index is 1.87. The van der Waals surface area contributed by atoms with E-state index in [1.165, 1.54) is 11.8 Å². The zero-order valence-electron chi connectivity index (χ0n) is 15.6. The number of hydrogen-bond acceptors (Lipinski definition) is 5. The normalized spacial score (nSPS) is 15.4. The van der Waals surface area contributed by atoms with Gasteiger partial charge in [0.15, 0.2) is 11.5 Å². The van der Waals surface area contributed by atoms with Gasteiger partial charge in [0, 0.05) is 6.54 Å². The zero-order chi connectivity index (χ0) is 20.1. The van der Waals surface area contributed by atoms with Gasteiger partial charge in [0.25, 0.3) is 5.91 Å². The van der Waals surface area contributed by atoms with E-state index in [4.69, 9.17) is 21.7 Å². The maximum atomic E-state index is 12.5. The fourth-order valence-electron chi connectivity index (χ4n) is 2.73. The molecule has 7 heteroatoms. The first-order chi connectivity index (χ1) is 13.5. The fourth-order valence-corrected chi connectivity index (χ4v) is 4.69. The largest absolute Gasteiger partial charge is 0.490 e. The lowest BCUT2D eigenvalue weighted by Crippen LogP contribution is -2.27. The number of thioether (sulfide) groups is 1. The Kier molecular flexibility index (Phi) is 7.15. The minimum absolute atomic E-state index is 0.0593. The zero-order valence-corrected chi connectivity index (χ0v) is 18.8. The molecule has 1 saturated heterocycles. The Morgan fingerprint density at radius 3 is 2.57 bits per heavy atom. The van der Waals surface area contributed by atoms with Crippen molar-refractivity contribution in [2.45, 2.75) is 20.5 Å². The number of amides is 1. The molecule has 0 unspecified atom stereocenters. The molecule has 1 aliphatic rings. The molecule has 1 aliphatic heterocycles. The van der Waals surface area contributed by atoms with Crippen LogP contribution in [0.15, 0.2) is 51.8 Å². The molecule has 1 heterocycles. The third-order valence-electron chi connectivity index (χ3n) is 4.05. The molecule has 0 saturated carbocycles. The Labute approximate surface area is 183 Å². The van der Waals surface area contributed by atoms with Crippen LogP contribution in [0.5, 0.6) is 11.5 Å². The second-order valence-corrected chi connectivity index (χ2v) is 8.49. The van der Waals surface area contributed by atoms with Gasteiger partial charge < -0.3 is 9.47 Å². The molecule has 4 nitrogen and oxygen atoms in total. The monoisotopic (exact) mass is 477 g/mol. The van der Waals surface area contributed by atoms with E-state index in [1.54, 1.807) is 4.90 Å². The van der Waals surface area contributed by atoms with Crippen molar-refractivity contribution in [1.29, 1.82) is 0 Å². The summed E-state index contributed by atoms with van der Waals surface area (Å²) in [5.74, 6) is 1.21. The minimum atomic E-state index is -0.0593. The van der Waals surface area contributed by atoms with E-state index in [2.05, 4.69) is 15.9 Å². The quantitative estimate of drug-likeness (QED) is 0.380. The second-order valence-electron chi connectivity index (χ2n) is 5.96. The lowest BCUT2D eigenvalue weighted by Gasteiger charge is -2.15. The highest BCUT2D eigenvalue weighted by molar-refractivity contribution is 9.10. The van der Waals surface area contributed by atoms with Crippen LogP contribution in [-0.2, 0) is 11.4 Å². The first kappa shape index (κ1) is 20.9. The third-order valence-corrected chi connectivity index (χ3v) is 6.01. The van der Waals surface area contributed by atoms with Crippen LogP contribution in [0, 0.1) is 0 Å². The molecule has 0 spiro atoms. The number of nitrogens with zero attached hydrogens (tertiary/aromatic N) is 1. The average molecular weight is 478 g/mol. The molecule has 0 N–H and O–H groups in total. The van der Waals surface area contributed by atoms with Gasteiger partial charge in [-0.05, 0) is 59.1 Å². The predicted molar refractivity (Wildman–Crippen MR) is 122 cm³/mol. The van der Waals surface area contributed by atoms with Crippen LogP contribution in [0.3, 0.4) is 0 Å². The highest BCUT2D eigenvalue weighted by Gasteiger charge is 2.30. The van der Waals surface area contributed by atoms with Crippen molar-refractivity contribution in [3.63, 3.8) is 0 Å². The summed E-state index contributed by atoms with van der Waals surface area (Å²) in [6.07, 6.45) is 1.84. The van der Waals surface area contributed by atoms with Crippen molar-refractivity contribution in [2.24, 2.45) is 0 Å². The second kappa shape index (κ2) is 9.58. The van der Waals surface area contributed by atoms with Crippen LogP contribution in [0.25, 0.3) is 6.08 Å². The lowest BCUT2D eigenvalue weighted by atomic mass is 10.1. The number of halogens is 1. The topological polar surface area (TPSA) is 38.8 Å². The van der Waals surface area contributed by atoms with Crippen molar-refractivity contribution in [3.05, 3.63) is 63.0 Å². The van der Waals surface area contributed by atoms with Gasteiger partial charge in [0.05, 0.1) is 16.0 Å². The lowest BCUT2D eigenvalue weighted by molar-refractivity contribution is -0.121. The molecule has 146 valence electrons. The molecular formula is C21H20BrNO3S2. The maximum Gasteiger partial charge on any atom is 0.266 e. The van der Waals surface area contributed by atoms with Gasteiger partial charge in [-0.25, -0.2) is 0 Å². The van der Waals surface area contributed by atoms with Crippen molar-refractivity contribution in [3.8, 4) is 11.5 Å². The van der Waals surface area contributed by atoms with Gasteiger partial charge >= 0.3 is 0 Å². The van der Waals surface area contributed by atoms with Crippen LogP contribution in [0.1, 0.15) is 25.0 Å². The van der Waals surface area contributed by atoms with Gasteiger partial charge in [-0.1, -0.05) is 54.3 Å². The van der Waals surface area contributed by atoms with Crippen molar-refractivity contribution in [2.75, 3.05) is 13.2 Å². The fraction of sp³-hybridized carbons (Fsp3) is 0.238. The number of likely N-dealkylation sites (N-methyl/N-ethyl adjacent to an activating group) is 1. The minimum Gasteiger partial charge on any atom is -0.490 e. The van der Waals surface area contributed by atoms with E-state index in [0.717, 1.165) is 15.6 Å². The molecule has 0 aliphatic carbocycles. The summed E-state index contributed by atoms with van der Waals surface area (Å²) in [5.41, 5.74) is 1.92. The van der Waals surface area contributed by atoms with E-state index in [9.17, 15) is 4.79 Å². The van der Waals surface area contributed by atoms with Gasteiger partial charge in [-0.3, -0.25) is 9.69 Å². The number of rotatable bonds is 7. The highest BCUT2D eigenvalue weighted by atomic mass is 79.9. The van der Waals surface area contributed by atoms with Crippen LogP contribution in [0.4, 0.5) is 0 Å². The summed E-state index contributed by atoms with van der Waals surface area (Å²) in [6.45, 7) is 5.36. The van der Waals surface area contributed by atoms with E-state index in [1.807, 2.05) is 62.4 Å². The molecule has 0 aromatic heterocycles. The summed E-state index contributed by atoms with van der Waals surface area (Å²) in [6, 6.07) is 13.8. The molecule has 1 fully saturated rings. The number of carbonyl (C=O) groups is 1. The molecular weight excluding hydrogens is 458 g/mol. The molecule has 3 rings (SSSR count). The first-order valence-corrected chi connectivity index (χ1v) is 10.9. The van der Waals surface area contributed by atoms with E-state index < -0.39 is 0 Å². The third kappa shape index (κ3) is 4.77. The van der Waals surface area contributed by atoms with Crippen molar-refractivity contribution < 1.29 is 14.3 Å². The van der Waals surface area contributed by atoms with Crippen molar-refractivity contribution >= 4 is 56.2 Å². The summed E-state index contributed by atoms with van der Waals surface area (Å²) < 4.78 is 13.2. The number of benzene rings is 2. The van der Waals surface area contributed by atoms with Crippen LogP contribution in [-0.4, -0.2) is 28.3 Å². The predicted octanol–water partition coefficient (Wildman–Crippen LogP) is 5.65. The summed E-state index contributed by atoms with van der Waals surface area (Å²) >= 11 is 10.2. The van der Waals surface area contributed by atoms with E-state index in [0.29, 0.717) is 40.5 Å². The number of hydrogen-bond donors (Lipinski definition) is 0. The standard InChI is InChI=1S/C21H20BrNO3S2/c1-3-23-20(24)18(28-21(23)27)12-15-10-16(22)19(17(11-15)25-4-2)26-13-14-8-6-5-7-9-14/h5-12H,3-4,13H2,1-2H3/b18-12-. The van der Waals surface area contributed by atoms with Gasteiger partial charge in [0.1, 0.15) is 10.9 Å². The summed E-state index contributed by atoms with van der Waals surface area (Å²) in [5, 5.41) is 0. The number of carbonyl (C=O) groups excluding carboxylic acids is 1. The first-order valence-electron chi connectivity index (χ1n) is 8.92. The SMILES string of the molecule is CCOc1cc(/C=C2\SC(=S)N(CC)C2=O)cc(Br)c1OCc1ccccc1. The number of thiocarbonyl (C=S) groups is 1. The molecule has 2 aromatic rings. The Hall–Kier alpha value is -1.83. The van der Waals surface area contributed by atoms with Gasteiger partial charge in [-0.15, -0.1) is 0 Å². The van der Waals surface area contributed by atoms with Gasteiger partial charge in [0.2, 0.25) is 0 Å². The molecule has 0 atom stereocenters. The van der Waals surface area contributed by atoms with Crippen LogP contribution < -0.4 is 9.47 Å². The summed E-state index contributed by atoms with van der Waals surface area (Å²) in [4.78, 5) is 14.7.